The monoisotopic (exact) mass is 255 g/mol. The summed E-state index contributed by atoms with van der Waals surface area (Å²) >= 11 is 0. The summed E-state index contributed by atoms with van der Waals surface area (Å²) in [5, 5.41) is 5.33. The number of carbonyl (C=O) groups is 1. The Hall–Kier alpha value is -2.03. The van der Waals surface area contributed by atoms with Crippen LogP contribution in [-0.4, -0.2) is 12.7 Å². The number of cyclic esters (lactones) is 1. The first-order valence-corrected chi connectivity index (χ1v) is 6.48. The second-order valence-corrected chi connectivity index (χ2v) is 5.75. The highest BCUT2D eigenvalue weighted by Crippen LogP contribution is 2.37. The zero-order valence-electron chi connectivity index (χ0n) is 11.1. The van der Waals surface area contributed by atoms with Crippen molar-refractivity contribution in [2.75, 3.05) is 6.61 Å². The summed E-state index contributed by atoms with van der Waals surface area (Å²) in [5.41, 5.74) is 1.01. The molecule has 1 aliphatic heterocycles. The summed E-state index contributed by atoms with van der Waals surface area (Å²) in [7, 11) is 0. The fourth-order valence-electron chi connectivity index (χ4n) is 2.61. The Morgan fingerprint density at radius 2 is 1.89 bits per heavy atom. The normalized spacial score (nSPS) is 21.8. The lowest BCUT2D eigenvalue weighted by Crippen LogP contribution is -2.46. The van der Waals surface area contributed by atoms with Gasteiger partial charge in [0.1, 0.15) is 6.61 Å². The van der Waals surface area contributed by atoms with Crippen molar-refractivity contribution in [3.8, 4) is 0 Å². The maximum atomic E-state index is 11.5. The zero-order valence-corrected chi connectivity index (χ0v) is 11.1. The van der Waals surface area contributed by atoms with E-state index in [1.165, 1.54) is 10.8 Å². The van der Waals surface area contributed by atoms with Gasteiger partial charge in [-0.05, 0) is 22.4 Å². The van der Waals surface area contributed by atoms with Crippen molar-refractivity contribution in [2.24, 2.45) is 5.41 Å². The van der Waals surface area contributed by atoms with E-state index >= 15 is 0 Å². The van der Waals surface area contributed by atoms with Crippen LogP contribution >= 0.6 is 0 Å². The molecule has 1 aliphatic rings. The Labute approximate surface area is 112 Å². The van der Waals surface area contributed by atoms with E-state index in [-0.39, 0.29) is 17.6 Å². The van der Waals surface area contributed by atoms with Crippen molar-refractivity contribution in [3.05, 3.63) is 48.0 Å². The third kappa shape index (κ3) is 2.16. The molecule has 1 amide bonds. The Balaban J connectivity index is 2.04. The highest BCUT2D eigenvalue weighted by atomic mass is 16.6. The number of fused-ring (bicyclic) bond motifs is 1. The third-order valence-corrected chi connectivity index (χ3v) is 3.73. The molecule has 1 heterocycles. The van der Waals surface area contributed by atoms with Crippen LogP contribution in [0.15, 0.2) is 42.5 Å². The molecule has 0 aromatic heterocycles. The molecule has 0 bridgehead atoms. The number of benzene rings is 2. The van der Waals surface area contributed by atoms with E-state index in [1.54, 1.807) is 0 Å². The van der Waals surface area contributed by atoms with Crippen molar-refractivity contribution < 1.29 is 9.53 Å². The van der Waals surface area contributed by atoms with Crippen molar-refractivity contribution in [2.45, 2.75) is 19.9 Å². The molecule has 0 unspecified atom stereocenters. The van der Waals surface area contributed by atoms with Gasteiger partial charge in [-0.15, -0.1) is 0 Å². The first-order valence-electron chi connectivity index (χ1n) is 6.48. The summed E-state index contributed by atoms with van der Waals surface area (Å²) in [4.78, 5) is 11.5. The predicted octanol–water partition coefficient (Wildman–Crippen LogP) is 3.65. The second kappa shape index (κ2) is 4.26. The molecule has 0 spiro atoms. The molecule has 3 rings (SSSR count). The van der Waals surface area contributed by atoms with Gasteiger partial charge in [0.05, 0.1) is 6.04 Å². The molecule has 19 heavy (non-hydrogen) atoms. The van der Waals surface area contributed by atoms with Gasteiger partial charge in [-0.1, -0.05) is 50.2 Å². The van der Waals surface area contributed by atoms with Gasteiger partial charge < -0.3 is 10.1 Å². The van der Waals surface area contributed by atoms with Gasteiger partial charge in [0, 0.05) is 5.41 Å². The first-order chi connectivity index (χ1) is 9.06. The number of carbonyl (C=O) groups excluding carboxylic acids is 1. The minimum absolute atomic E-state index is 0.0154. The van der Waals surface area contributed by atoms with Crippen LogP contribution in [0.25, 0.3) is 10.8 Å². The van der Waals surface area contributed by atoms with Gasteiger partial charge in [-0.25, -0.2) is 4.79 Å². The fourth-order valence-corrected chi connectivity index (χ4v) is 2.61. The predicted molar refractivity (Wildman–Crippen MR) is 75.0 cm³/mol. The largest absolute Gasteiger partial charge is 0.449 e. The smallest absolute Gasteiger partial charge is 0.407 e. The van der Waals surface area contributed by atoms with E-state index in [0.717, 1.165) is 5.56 Å². The minimum Gasteiger partial charge on any atom is -0.449 e. The highest BCUT2D eigenvalue weighted by molar-refractivity contribution is 5.83. The third-order valence-electron chi connectivity index (χ3n) is 3.73. The Kier molecular flexibility index (Phi) is 2.70. The zero-order chi connectivity index (χ0) is 13.5. The van der Waals surface area contributed by atoms with Gasteiger partial charge in [0.25, 0.3) is 0 Å². The number of hydrogen-bond donors (Lipinski definition) is 1. The molecule has 0 saturated carbocycles. The maximum absolute atomic E-state index is 11.5. The van der Waals surface area contributed by atoms with E-state index in [2.05, 4.69) is 49.5 Å². The molecule has 1 atom stereocenters. The Morgan fingerprint density at radius 3 is 2.68 bits per heavy atom. The van der Waals surface area contributed by atoms with E-state index < -0.39 is 0 Å². The lowest BCUT2D eigenvalue weighted by atomic mass is 9.80. The Morgan fingerprint density at radius 1 is 1.16 bits per heavy atom. The summed E-state index contributed by atoms with van der Waals surface area (Å²) in [6, 6.07) is 14.6. The van der Waals surface area contributed by atoms with Gasteiger partial charge in [-0.3, -0.25) is 0 Å². The van der Waals surface area contributed by atoms with E-state index in [1.807, 2.05) is 12.1 Å². The SMILES string of the molecule is CC1(C)COC(=O)N[C@@H]1c1ccc2ccccc2c1. The average Bonchev–Trinajstić information content (AvgIpc) is 2.41. The molecule has 1 saturated heterocycles. The average molecular weight is 255 g/mol. The molecular formula is C16H17NO2. The summed E-state index contributed by atoms with van der Waals surface area (Å²) in [5.74, 6) is 0. The van der Waals surface area contributed by atoms with Crippen LogP contribution in [0.4, 0.5) is 4.79 Å². The van der Waals surface area contributed by atoms with E-state index in [0.29, 0.717) is 6.61 Å². The number of rotatable bonds is 1. The van der Waals surface area contributed by atoms with Crippen LogP contribution in [0.1, 0.15) is 25.5 Å². The molecule has 3 heteroatoms. The summed E-state index contributed by atoms with van der Waals surface area (Å²) in [6.07, 6.45) is -0.336. The molecule has 2 aromatic carbocycles. The molecule has 1 fully saturated rings. The number of alkyl carbamates (subject to hydrolysis) is 1. The Bertz CT molecular complexity index is 633. The second-order valence-electron chi connectivity index (χ2n) is 5.75. The van der Waals surface area contributed by atoms with Crippen LogP contribution in [0.5, 0.6) is 0 Å². The topological polar surface area (TPSA) is 38.3 Å². The lowest BCUT2D eigenvalue weighted by Gasteiger charge is -2.38. The molecule has 0 aliphatic carbocycles. The molecule has 0 radical (unpaired) electrons. The van der Waals surface area contributed by atoms with Gasteiger partial charge in [-0.2, -0.15) is 0 Å². The van der Waals surface area contributed by atoms with Gasteiger partial charge >= 0.3 is 6.09 Å². The maximum Gasteiger partial charge on any atom is 0.407 e. The molecular weight excluding hydrogens is 238 g/mol. The standard InChI is InChI=1S/C16H17NO2/c1-16(2)10-19-15(18)17-14(16)13-8-7-11-5-3-4-6-12(11)9-13/h3-9,14H,10H2,1-2H3,(H,17,18)/t14-/m1/s1. The van der Waals surface area contributed by atoms with Crippen LogP contribution in [-0.2, 0) is 4.74 Å². The van der Waals surface area contributed by atoms with Gasteiger partial charge in [0.2, 0.25) is 0 Å². The van der Waals surface area contributed by atoms with Gasteiger partial charge in [0.15, 0.2) is 0 Å². The van der Waals surface area contributed by atoms with E-state index in [4.69, 9.17) is 4.74 Å². The molecule has 1 N–H and O–H groups in total. The molecule has 3 nitrogen and oxygen atoms in total. The van der Waals surface area contributed by atoms with E-state index in [9.17, 15) is 4.79 Å². The minimum atomic E-state index is -0.336. The molecule has 98 valence electrons. The van der Waals surface area contributed by atoms with Crippen molar-refractivity contribution in [1.82, 2.24) is 5.32 Å². The summed E-state index contributed by atoms with van der Waals surface area (Å²) in [6.45, 7) is 4.65. The van der Waals surface area contributed by atoms with Crippen LogP contribution < -0.4 is 5.32 Å². The van der Waals surface area contributed by atoms with Crippen molar-refractivity contribution >= 4 is 16.9 Å². The quantitative estimate of drug-likeness (QED) is 0.844. The number of ether oxygens (including phenoxy) is 1. The number of hydrogen-bond acceptors (Lipinski definition) is 2. The first kappa shape index (κ1) is 12.0. The van der Waals surface area contributed by atoms with Crippen LogP contribution in [0.3, 0.4) is 0 Å². The lowest BCUT2D eigenvalue weighted by molar-refractivity contribution is 0.0388. The summed E-state index contributed by atoms with van der Waals surface area (Å²) < 4.78 is 5.08. The van der Waals surface area contributed by atoms with Crippen molar-refractivity contribution in [1.29, 1.82) is 0 Å². The van der Waals surface area contributed by atoms with Crippen LogP contribution in [0, 0.1) is 5.41 Å². The molecule has 2 aromatic rings. The number of nitrogens with one attached hydrogen (secondary N) is 1. The van der Waals surface area contributed by atoms with Crippen LogP contribution in [0.2, 0.25) is 0 Å². The highest BCUT2D eigenvalue weighted by Gasteiger charge is 2.37. The fraction of sp³-hybridized carbons (Fsp3) is 0.312. The number of amides is 1. The van der Waals surface area contributed by atoms with Crippen molar-refractivity contribution in [3.63, 3.8) is 0 Å².